The van der Waals surface area contributed by atoms with E-state index in [1.165, 1.54) is 0 Å². The summed E-state index contributed by atoms with van der Waals surface area (Å²) in [6.07, 6.45) is 1.36. The average Bonchev–Trinajstić information content (AvgIpc) is 2.16. The van der Waals surface area contributed by atoms with Gasteiger partial charge in [0.15, 0.2) is 0 Å². The van der Waals surface area contributed by atoms with E-state index >= 15 is 0 Å². The average molecular weight is 250 g/mol. The molecule has 0 aromatic carbocycles. The van der Waals surface area contributed by atoms with Gasteiger partial charge in [0, 0.05) is 0 Å². The summed E-state index contributed by atoms with van der Waals surface area (Å²) in [7, 11) is 0. The minimum atomic E-state index is -1.31. The topological polar surface area (TPSA) is 164 Å². The van der Waals surface area contributed by atoms with Crippen LogP contribution in [0.3, 0.4) is 0 Å². The zero-order chi connectivity index (χ0) is 13.8. The van der Waals surface area contributed by atoms with Gasteiger partial charge in [0.05, 0.1) is 0 Å². The van der Waals surface area contributed by atoms with E-state index in [4.69, 9.17) is 26.8 Å². The van der Waals surface area contributed by atoms with Crippen molar-refractivity contribution in [3.05, 3.63) is 0 Å². The fraction of sp³-hybridized carbons (Fsp3) is 0.667. The molecule has 0 aliphatic carbocycles. The summed E-state index contributed by atoms with van der Waals surface area (Å²) in [4.78, 5) is 29.0. The third kappa shape index (κ3) is 17.0. The Morgan fingerprint density at radius 3 is 1.71 bits per heavy atom. The van der Waals surface area contributed by atoms with E-state index in [9.17, 15) is 14.4 Å². The third-order valence-corrected chi connectivity index (χ3v) is 1.59. The molecule has 0 fully saturated rings. The normalized spacial score (nSPS) is 10.9. The van der Waals surface area contributed by atoms with Gasteiger partial charge in [-0.2, -0.15) is 0 Å². The maximum absolute atomic E-state index is 10.1. The summed E-state index contributed by atoms with van der Waals surface area (Å²) in [5, 5.41) is 23.7. The molecule has 0 aliphatic rings. The SMILES string of the molecule is NCCCC[C@H](N)C(=O)O.O=C(O)CC(=O)O. The number of unbranched alkanes of at least 4 members (excludes halogenated alkanes) is 1. The monoisotopic (exact) mass is 250 g/mol. The lowest BCUT2D eigenvalue weighted by Gasteiger charge is -2.03. The molecule has 0 unspecified atom stereocenters. The molecule has 7 N–H and O–H groups in total. The molecule has 0 aliphatic heterocycles. The first-order chi connectivity index (χ1) is 7.81. The molecule has 0 rings (SSSR count). The first kappa shape index (κ1) is 17.7. The predicted octanol–water partition coefficient (Wildman–Crippen LogP) is -0.927. The zero-order valence-electron chi connectivity index (χ0n) is 9.33. The second-order valence-corrected chi connectivity index (χ2v) is 3.19. The Balaban J connectivity index is 0. The van der Waals surface area contributed by atoms with Crippen LogP contribution in [0.2, 0.25) is 0 Å². The van der Waals surface area contributed by atoms with E-state index in [0.29, 0.717) is 13.0 Å². The van der Waals surface area contributed by atoms with Gasteiger partial charge in [0.25, 0.3) is 0 Å². The van der Waals surface area contributed by atoms with Crippen LogP contribution >= 0.6 is 0 Å². The molecule has 0 aromatic heterocycles. The lowest BCUT2D eigenvalue weighted by atomic mass is 10.1. The number of hydrogen-bond acceptors (Lipinski definition) is 5. The Morgan fingerprint density at radius 2 is 1.47 bits per heavy atom. The van der Waals surface area contributed by atoms with Crippen molar-refractivity contribution in [1.29, 1.82) is 0 Å². The van der Waals surface area contributed by atoms with E-state index < -0.39 is 30.4 Å². The van der Waals surface area contributed by atoms with Crippen LogP contribution in [0, 0.1) is 0 Å². The van der Waals surface area contributed by atoms with E-state index in [0.717, 1.165) is 12.8 Å². The molecule has 0 aromatic rings. The molecule has 17 heavy (non-hydrogen) atoms. The van der Waals surface area contributed by atoms with Gasteiger partial charge in [0.1, 0.15) is 12.5 Å². The van der Waals surface area contributed by atoms with Crippen molar-refractivity contribution in [2.75, 3.05) is 6.54 Å². The molecule has 8 nitrogen and oxygen atoms in total. The van der Waals surface area contributed by atoms with Gasteiger partial charge >= 0.3 is 17.9 Å². The van der Waals surface area contributed by atoms with Gasteiger partial charge in [-0.15, -0.1) is 0 Å². The highest BCUT2D eigenvalue weighted by Gasteiger charge is 2.09. The maximum atomic E-state index is 10.1. The van der Waals surface area contributed by atoms with Crippen LogP contribution in [0.5, 0.6) is 0 Å². The Kier molecular flexibility index (Phi) is 11.3. The van der Waals surface area contributed by atoms with Gasteiger partial charge in [-0.1, -0.05) is 6.42 Å². The number of hydrogen-bond donors (Lipinski definition) is 5. The standard InChI is InChI=1S/C6H14N2O2.C3H4O4/c7-4-2-1-3-5(8)6(9)10;4-2(5)1-3(6)7/h5H,1-4,7-8H2,(H,9,10);1H2,(H,4,5)(H,6,7)/t5-;/m0./s1. The van der Waals surface area contributed by atoms with E-state index in [2.05, 4.69) is 0 Å². The number of carbonyl (C=O) groups is 3. The van der Waals surface area contributed by atoms with E-state index in [1.807, 2.05) is 0 Å². The van der Waals surface area contributed by atoms with Crippen LogP contribution in [-0.2, 0) is 14.4 Å². The largest absolute Gasteiger partial charge is 0.481 e. The van der Waals surface area contributed by atoms with E-state index in [1.54, 1.807) is 0 Å². The summed E-state index contributed by atoms with van der Waals surface area (Å²) in [5.74, 6) is -3.56. The third-order valence-electron chi connectivity index (χ3n) is 1.59. The van der Waals surface area contributed by atoms with Gasteiger partial charge in [-0.25, -0.2) is 0 Å². The van der Waals surface area contributed by atoms with Crippen LogP contribution in [-0.4, -0.2) is 45.8 Å². The fourth-order valence-corrected chi connectivity index (χ4v) is 0.761. The van der Waals surface area contributed by atoms with Crippen LogP contribution in [0.25, 0.3) is 0 Å². The van der Waals surface area contributed by atoms with Crippen molar-refractivity contribution in [2.24, 2.45) is 11.5 Å². The highest BCUT2D eigenvalue weighted by Crippen LogP contribution is 1.96. The second-order valence-electron chi connectivity index (χ2n) is 3.19. The molecule has 0 radical (unpaired) electrons. The van der Waals surface area contributed by atoms with Crippen LogP contribution < -0.4 is 11.5 Å². The highest BCUT2D eigenvalue weighted by atomic mass is 16.4. The zero-order valence-corrected chi connectivity index (χ0v) is 9.33. The predicted molar refractivity (Wildman–Crippen MR) is 58.4 cm³/mol. The Hall–Kier alpha value is -1.67. The number of carboxylic acid groups (broad SMARTS) is 3. The number of aliphatic carboxylic acids is 3. The van der Waals surface area contributed by atoms with Gasteiger partial charge in [-0.3, -0.25) is 14.4 Å². The lowest BCUT2D eigenvalue weighted by molar-refractivity contribution is -0.147. The summed E-state index contributed by atoms with van der Waals surface area (Å²) >= 11 is 0. The fourth-order valence-electron chi connectivity index (χ4n) is 0.761. The van der Waals surface area contributed by atoms with Crippen molar-refractivity contribution in [1.82, 2.24) is 0 Å². The lowest BCUT2D eigenvalue weighted by Crippen LogP contribution is -2.29. The molecule has 0 spiro atoms. The molecule has 0 amide bonds. The molecule has 0 bridgehead atoms. The van der Waals surface area contributed by atoms with E-state index in [-0.39, 0.29) is 0 Å². The van der Waals surface area contributed by atoms with Gasteiger partial charge < -0.3 is 26.8 Å². The maximum Gasteiger partial charge on any atom is 0.320 e. The van der Waals surface area contributed by atoms with Crippen LogP contribution in [0.1, 0.15) is 25.7 Å². The van der Waals surface area contributed by atoms with Gasteiger partial charge in [-0.05, 0) is 19.4 Å². The minimum Gasteiger partial charge on any atom is -0.481 e. The summed E-state index contributed by atoms with van der Waals surface area (Å²) in [6.45, 7) is 0.604. The number of rotatable bonds is 7. The van der Waals surface area contributed by atoms with Gasteiger partial charge in [0.2, 0.25) is 0 Å². The summed E-state index contributed by atoms with van der Waals surface area (Å²) in [5.41, 5.74) is 10.4. The van der Waals surface area contributed by atoms with Crippen molar-refractivity contribution >= 4 is 17.9 Å². The van der Waals surface area contributed by atoms with Crippen molar-refractivity contribution in [3.63, 3.8) is 0 Å². The number of nitrogens with two attached hydrogens (primary N) is 2. The molecule has 0 saturated carbocycles. The second kappa shape index (κ2) is 10.8. The first-order valence-corrected chi connectivity index (χ1v) is 4.93. The molecule has 0 saturated heterocycles. The smallest absolute Gasteiger partial charge is 0.320 e. The van der Waals surface area contributed by atoms with Crippen LogP contribution in [0.4, 0.5) is 0 Å². The Morgan fingerprint density at radius 1 is 1.00 bits per heavy atom. The quantitative estimate of drug-likeness (QED) is 0.285. The summed E-state index contributed by atoms with van der Waals surface area (Å²) in [6, 6.07) is -0.716. The molecule has 0 heterocycles. The molecule has 1 atom stereocenters. The van der Waals surface area contributed by atoms with Crippen molar-refractivity contribution in [3.8, 4) is 0 Å². The molecular weight excluding hydrogens is 232 g/mol. The first-order valence-electron chi connectivity index (χ1n) is 4.93. The van der Waals surface area contributed by atoms with Crippen molar-refractivity contribution < 1.29 is 29.7 Å². The molecule has 100 valence electrons. The minimum absolute atomic E-state index is 0.520. The number of carboxylic acids is 3. The summed E-state index contributed by atoms with van der Waals surface area (Å²) < 4.78 is 0. The van der Waals surface area contributed by atoms with Crippen molar-refractivity contribution in [2.45, 2.75) is 31.7 Å². The Labute approximate surface area is 98.2 Å². The molecular formula is C9H18N2O6. The highest BCUT2D eigenvalue weighted by molar-refractivity contribution is 5.88. The Bertz CT molecular complexity index is 244. The van der Waals surface area contributed by atoms with Crippen LogP contribution in [0.15, 0.2) is 0 Å². The molecule has 8 heteroatoms.